The molecule has 1 aromatic rings. The van der Waals surface area contributed by atoms with E-state index in [4.69, 9.17) is 0 Å². The van der Waals surface area contributed by atoms with Crippen molar-refractivity contribution in [2.75, 3.05) is 5.75 Å². The van der Waals surface area contributed by atoms with Gasteiger partial charge in [0.1, 0.15) is 0 Å². The molecule has 2 nitrogen and oxygen atoms in total. The molecule has 0 spiro atoms. The highest BCUT2D eigenvalue weighted by atomic mass is 32.2. The van der Waals surface area contributed by atoms with E-state index in [2.05, 4.69) is 19.9 Å². The van der Waals surface area contributed by atoms with Gasteiger partial charge in [0.15, 0.2) is 9.84 Å². The molecule has 0 aromatic heterocycles. The standard InChI is InChI=1S/C17H24O2S/c1-14(2)7-5-6-8-16(4)13-20(18,19)17-11-9-15(3)10-12-17/h7-12H,5-6,13H2,1-4H3/b16-8+. The van der Waals surface area contributed by atoms with Crippen molar-refractivity contribution in [2.45, 2.75) is 45.4 Å². The summed E-state index contributed by atoms with van der Waals surface area (Å²) in [5, 5.41) is 0. The Bertz CT molecular complexity index is 586. The first-order chi connectivity index (χ1) is 9.31. The minimum atomic E-state index is -3.21. The van der Waals surface area contributed by atoms with Gasteiger partial charge >= 0.3 is 0 Å². The van der Waals surface area contributed by atoms with Crippen molar-refractivity contribution in [1.82, 2.24) is 0 Å². The van der Waals surface area contributed by atoms with Crippen LogP contribution >= 0.6 is 0 Å². The topological polar surface area (TPSA) is 34.1 Å². The molecule has 0 heterocycles. The van der Waals surface area contributed by atoms with E-state index in [1.807, 2.05) is 32.1 Å². The molecule has 1 aromatic carbocycles. The molecular weight excluding hydrogens is 268 g/mol. The van der Waals surface area contributed by atoms with Crippen LogP contribution in [-0.2, 0) is 9.84 Å². The van der Waals surface area contributed by atoms with Crippen LogP contribution in [0.1, 0.15) is 39.2 Å². The highest BCUT2D eigenvalue weighted by Gasteiger charge is 2.14. The summed E-state index contributed by atoms with van der Waals surface area (Å²) >= 11 is 0. The lowest BCUT2D eigenvalue weighted by molar-refractivity contribution is 0.598. The Balaban J connectivity index is 2.68. The van der Waals surface area contributed by atoms with E-state index in [0.717, 1.165) is 24.0 Å². The Labute approximate surface area is 123 Å². The molecule has 110 valence electrons. The molecule has 0 unspecified atom stereocenters. The van der Waals surface area contributed by atoms with Crippen LogP contribution in [0.2, 0.25) is 0 Å². The average molecular weight is 292 g/mol. The van der Waals surface area contributed by atoms with Crippen molar-refractivity contribution < 1.29 is 8.42 Å². The van der Waals surface area contributed by atoms with Crippen LogP contribution in [0.3, 0.4) is 0 Å². The molecule has 0 bridgehead atoms. The summed E-state index contributed by atoms with van der Waals surface area (Å²) in [6.07, 6.45) is 6.04. The molecule has 0 saturated heterocycles. The minimum absolute atomic E-state index is 0.102. The van der Waals surface area contributed by atoms with Gasteiger partial charge in [-0.2, -0.15) is 0 Å². The van der Waals surface area contributed by atoms with Crippen molar-refractivity contribution in [1.29, 1.82) is 0 Å². The maximum atomic E-state index is 12.2. The van der Waals surface area contributed by atoms with Gasteiger partial charge in [0.25, 0.3) is 0 Å². The van der Waals surface area contributed by atoms with Gasteiger partial charge in [-0.05, 0) is 52.7 Å². The smallest absolute Gasteiger partial charge is 0.182 e. The zero-order chi connectivity index (χ0) is 15.2. The largest absolute Gasteiger partial charge is 0.223 e. The van der Waals surface area contributed by atoms with E-state index in [1.54, 1.807) is 12.1 Å². The number of aryl methyl sites for hydroxylation is 1. The average Bonchev–Trinajstić information content (AvgIpc) is 2.34. The second kappa shape index (κ2) is 7.44. The van der Waals surface area contributed by atoms with Gasteiger partial charge in [-0.15, -0.1) is 0 Å². The predicted molar refractivity (Wildman–Crippen MR) is 85.7 cm³/mol. The van der Waals surface area contributed by atoms with Gasteiger partial charge in [0.05, 0.1) is 10.6 Å². The van der Waals surface area contributed by atoms with Crippen LogP contribution < -0.4 is 0 Å². The van der Waals surface area contributed by atoms with Crippen molar-refractivity contribution in [2.24, 2.45) is 0 Å². The molecule has 3 heteroatoms. The summed E-state index contributed by atoms with van der Waals surface area (Å²) in [4.78, 5) is 0.403. The Hall–Kier alpha value is -1.35. The quantitative estimate of drug-likeness (QED) is 0.573. The third-order valence-electron chi connectivity index (χ3n) is 3.01. The fraction of sp³-hybridized carbons (Fsp3) is 0.412. The molecule has 20 heavy (non-hydrogen) atoms. The number of unbranched alkanes of at least 4 members (excludes halogenated alkanes) is 1. The van der Waals surface area contributed by atoms with Crippen molar-refractivity contribution >= 4 is 9.84 Å². The minimum Gasteiger partial charge on any atom is -0.223 e. The molecule has 0 fully saturated rings. The summed E-state index contributed by atoms with van der Waals surface area (Å²) in [7, 11) is -3.21. The first-order valence-corrected chi connectivity index (χ1v) is 8.55. The Morgan fingerprint density at radius 3 is 2.10 bits per heavy atom. The van der Waals surface area contributed by atoms with Crippen molar-refractivity contribution in [3.8, 4) is 0 Å². The molecule has 0 aliphatic carbocycles. The number of sulfone groups is 1. The molecule has 0 aliphatic heterocycles. The number of rotatable bonds is 6. The molecule has 0 radical (unpaired) electrons. The molecule has 0 atom stereocenters. The summed E-state index contributed by atoms with van der Waals surface area (Å²) in [6, 6.07) is 7.03. The molecule has 0 saturated carbocycles. The second-order valence-electron chi connectivity index (χ2n) is 5.48. The third kappa shape index (κ3) is 5.74. The highest BCUT2D eigenvalue weighted by molar-refractivity contribution is 7.91. The van der Waals surface area contributed by atoms with Gasteiger partial charge in [0, 0.05) is 0 Å². The van der Waals surface area contributed by atoms with Crippen LogP contribution in [0.25, 0.3) is 0 Å². The van der Waals surface area contributed by atoms with Crippen LogP contribution in [0.4, 0.5) is 0 Å². The monoisotopic (exact) mass is 292 g/mol. The van der Waals surface area contributed by atoms with E-state index < -0.39 is 9.84 Å². The Kier molecular flexibility index (Phi) is 6.21. The van der Waals surface area contributed by atoms with E-state index in [1.165, 1.54) is 5.57 Å². The van der Waals surface area contributed by atoms with Crippen LogP contribution in [0.15, 0.2) is 52.5 Å². The maximum Gasteiger partial charge on any atom is 0.182 e. The molecule has 0 aliphatic rings. The van der Waals surface area contributed by atoms with Gasteiger partial charge in [-0.3, -0.25) is 0 Å². The Morgan fingerprint density at radius 2 is 1.55 bits per heavy atom. The van der Waals surface area contributed by atoms with Crippen LogP contribution in [-0.4, -0.2) is 14.2 Å². The van der Waals surface area contributed by atoms with E-state index >= 15 is 0 Å². The van der Waals surface area contributed by atoms with E-state index in [9.17, 15) is 8.42 Å². The zero-order valence-corrected chi connectivity index (χ0v) is 13.6. The number of hydrogen-bond donors (Lipinski definition) is 0. The van der Waals surface area contributed by atoms with Crippen molar-refractivity contribution in [3.05, 3.63) is 53.1 Å². The number of benzene rings is 1. The zero-order valence-electron chi connectivity index (χ0n) is 12.8. The first kappa shape index (κ1) is 16.7. The molecular formula is C17H24O2S. The summed E-state index contributed by atoms with van der Waals surface area (Å²) in [6.45, 7) is 7.97. The van der Waals surface area contributed by atoms with Gasteiger partial charge in [-0.1, -0.05) is 41.0 Å². The van der Waals surface area contributed by atoms with Gasteiger partial charge in [-0.25, -0.2) is 8.42 Å². The number of allylic oxidation sites excluding steroid dienone is 3. The lowest BCUT2D eigenvalue weighted by Crippen LogP contribution is -2.07. The Morgan fingerprint density at radius 1 is 1.00 bits per heavy atom. The lowest BCUT2D eigenvalue weighted by atomic mass is 10.2. The summed E-state index contributed by atoms with van der Waals surface area (Å²) in [5.74, 6) is 0.102. The van der Waals surface area contributed by atoms with E-state index in [0.29, 0.717) is 4.90 Å². The second-order valence-corrected chi connectivity index (χ2v) is 7.47. The van der Waals surface area contributed by atoms with Crippen LogP contribution in [0.5, 0.6) is 0 Å². The normalized spacial score (nSPS) is 12.3. The van der Waals surface area contributed by atoms with Crippen LogP contribution in [0, 0.1) is 6.92 Å². The lowest BCUT2D eigenvalue weighted by Gasteiger charge is -2.05. The highest BCUT2D eigenvalue weighted by Crippen LogP contribution is 2.15. The van der Waals surface area contributed by atoms with Crippen molar-refractivity contribution in [3.63, 3.8) is 0 Å². The molecule has 1 rings (SSSR count). The molecule has 0 amide bonds. The predicted octanol–water partition coefficient (Wildman–Crippen LogP) is 4.46. The number of hydrogen-bond acceptors (Lipinski definition) is 2. The summed E-state index contributed by atoms with van der Waals surface area (Å²) in [5.41, 5.74) is 3.27. The first-order valence-electron chi connectivity index (χ1n) is 6.89. The van der Waals surface area contributed by atoms with Gasteiger partial charge in [0.2, 0.25) is 0 Å². The maximum absolute atomic E-state index is 12.2. The van der Waals surface area contributed by atoms with E-state index in [-0.39, 0.29) is 5.75 Å². The third-order valence-corrected chi connectivity index (χ3v) is 4.84. The fourth-order valence-corrected chi connectivity index (χ4v) is 3.32. The SMILES string of the molecule is CC(C)=CCC/C=C(\C)CS(=O)(=O)c1ccc(C)cc1. The van der Waals surface area contributed by atoms with Gasteiger partial charge < -0.3 is 0 Å². The molecule has 0 N–H and O–H groups in total. The summed E-state index contributed by atoms with van der Waals surface area (Å²) < 4.78 is 24.5. The fourth-order valence-electron chi connectivity index (χ4n) is 1.89.